The van der Waals surface area contributed by atoms with Crippen molar-refractivity contribution < 1.29 is 13.6 Å². The summed E-state index contributed by atoms with van der Waals surface area (Å²) in [6, 6.07) is 3.57. The van der Waals surface area contributed by atoms with Gasteiger partial charge in [0.05, 0.1) is 6.54 Å². The maximum Gasteiger partial charge on any atom is 0.241 e. The molecule has 1 aromatic carbocycles. The Morgan fingerprint density at radius 3 is 2.24 bits per heavy atom. The molecule has 0 aliphatic rings. The Bertz CT molecular complexity index is 372. The molecule has 1 amide bonds. The van der Waals surface area contributed by atoms with Crippen molar-refractivity contribution in [3.63, 3.8) is 0 Å². The van der Waals surface area contributed by atoms with Gasteiger partial charge in [0.2, 0.25) is 5.91 Å². The standard InChI is InChI=1S/C12H16F2N2O/c1-3-16(4-2)11(17)8-15-12-9(13)6-5-7-10(12)14/h5-7,15H,3-4,8H2,1-2H3. The van der Waals surface area contributed by atoms with Crippen molar-refractivity contribution in [2.45, 2.75) is 13.8 Å². The van der Waals surface area contributed by atoms with Crippen molar-refractivity contribution >= 4 is 11.6 Å². The third kappa shape index (κ3) is 3.41. The average Bonchev–Trinajstić information content (AvgIpc) is 2.30. The molecule has 5 heteroatoms. The van der Waals surface area contributed by atoms with Gasteiger partial charge < -0.3 is 10.2 Å². The molecule has 1 N–H and O–H groups in total. The van der Waals surface area contributed by atoms with E-state index < -0.39 is 11.6 Å². The normalized spacial score (nSPS) is 10.1. The molecule has 1 rings (SSSR count). The van der Waals surface area contributed by atoms with E-state index in [2.05, 4.69) is 5.32 Å². The van der Waals surface area contributed by atoms with Crippen molar-refractivity contribution in [2.24, 2.45) is 0 Å². The molecule has 94 valence electrons. The zero-order chi connectivity index (χ0) is 12.8. The summed E-state index contributed by atoms with van der Waals surface area (Å²) in [5.41, 5.74) is -0.256. The number of hydrogen-bond acceptors (Lipinski definition) is 2. The quantitative estimate of drug-likeness (QED) is 0.858. The van der Waals surface area contributed by atoms with Crippen LogP contribution in [0.1, 0.15) is 13.8 Å². The van der Waals surface area contributed by atoms with Crippen molar-refractivity contribution in [2.75, 3.05) is 25.0 Å². The molecule has 0 atom stereocenters. The number of halogens is 2. The molecule has 0 aromatic heterocycles. The summed E-state index contributed by atoms with van der Waals surface area (Å²) >= 11 is 0. The summed E-state index contributed by atoms with van der Waals surface area (Å²) in [5, 5.41) is 2.49. The minimum atomic E-state index is -0.697. The molecule has 0 bridgehead atoms. The minimum absolute atomic E-state index is 0.112. The topological polar surface area (TPSA) is 32.3 Å². The molecule has 0 saturated carbocycles. The lowest BCUT2D eigenvalue weighted by Gasteiger charge is -2.19. The molecule has 17 heavy (non-hydrogen) atoms. The molecular weight excluding hydrogens is 226 g/mol. The van der Waals surface area contributed by atoms with Crippen LogP contribution in [-0.2, 0) is 4.79 Å². The fourth-order valence-corrected chi connectivity index (χ4v) is 1.52. The summed E-state index contributed by atoms with van der Waals surface area (Å²) in [6.45, 7) is 4.75. The molecule has 0 saturated heterocycles. The number of para-hydroxylation sites is 1. The smallest absolute Gasteiger partial charge is 0.241 e. The highest BCUT2D eigenvalue weighted by Gasteiger charge is 2.12. The van der Waals surface area contributed by atoms with Gasteiger partial charge in [-0.3, -0.25) is 4.79 Å². The predicted octanol–water partition coefficient (Wildman–Crippen LogP) is 2.25. The van der Waals surface area contributed by atoms with Gasteiger partial charge in [-0.05, 0) is 26.0 Å². The summed E-state index contributed by atoms with van der Waals surface area (Å²) in [6.07, 6.45) is 0. The Labute approximate surface area is 99.4 Å². The van der Waals surface area contributed by atoms with Crippen molar-refractivity contribution in [1.82, 2.24) is 4.90 Å². The fourth-order valence-electron chi connectivity index (χ4n) is 1.52. The summed E-state index contributed by atoms with van der Waals surface area (Å²) in [4.78, 5) is 13.2. The summed E-state index contributed by atoms with van der Waals surface area (Å²) < 4.78 is 26.5. The van der Waals surface area contributed by atoms with Crippen LogP contribution in [0.3, 0.4) is 0 Å². The number of carbonyl (C=O) groups excluding carboxylic acids is 1. The Morgan fingerprint density at radius 2 is 1.76 bits per heavy atom. The monoisotopic (exact) mass is 242 g/mol. The maximum atomic E-state index is 13.2. The van der Waals surface area contributed by atoms with E-state index in [1.165, 1.54) is 6.07 Å². The number of likely N-dealkylation sites (N-methyl/N-ethyl adjacent to an activating group) is 1. The van der Waals surface area contributed by atoms with Gasteiger partial charge in [-0.2, -0.15) is 0 Å². The van der Waals surface area contributed by atoms with Crippen molar-refractivity contribution in [3.8, 4) is 0 Å². The van der Waals surface area contributed by atoms with Crippen LogP contribution >= 0.6 is 0 Å². The Kier molecular flexibility index (Phi) is 4.87. The Balaban J connectivity index is 2.64. The zero-order valence-electron chi connectivity index (χ0n) is 9.96. The minimum Gasteiger partial charge on any atom is -0.371 e. The molecule has 1 aromatic rings. The molecule has 0 aliphatic carbocycles. The average molecular weight is 242 g/mol. The van der Waals surface area contributed by atoms with Gasteiger partial charge in [0.25, 0.3) is 0 Å². The lowest BCUT2D eigenvalue weighted by Crippen LogP contribution is -2.35. The first-order valence-electron chi connectivity index (χ1n) is 5.55. The van der Waals surface area contributed by atoms with Crippen LogP contribution in [0.4, 0.5) is 14.5 Å². The van der Waals surface area contributed by atoms with Crippen LogP contribution in [0.15, 0.2) is 18.2 Å². The van der Waals surface area contributed by atoms with Crippen LogP contribution < -0.4 is 5.32 Å². The summed E-state index contributed by atoms with van der Waals surface area (Å²) in [5.74, 6) is -1.58. The lowest BCUT2D eigenvalue weighted by molar-refractivity contribution is -0.128. The van der Waals surface area contributed by atoms with Gasteiger partial charge in [-0.15, -0.1) is 0 Å². The van der Waals surface area contributed by atoms with Gasteiger partial charge in [0, 0.05) is 13.1 Å². The molecule has 0 unspecified atom stereocenters. The third-order valence-electron chi connectivity index (χ3n) is 2.50. The summed E-state index contributed by atoms with van der Waals surface area (Å²) in [7, 11) is 0. The van der Waals surface area contributed by atoms with Gasteiger partial charge in [-0.1, -0.05) is 6.07 Å². The van der Waals surface area contributed by atoms with Gasteiger partial charge in [0.15, 0.2) is 0 Å². The molecular formula is C12H16F2N2O. The maximum absolute atomic E-state index is 13.2. The number of carbonyl (C=O) groups is 1. The van der Waals surface area contributed by atoms with Gasteiger partial charge in [0.1, 0.15) is 17.3 Å². The molecule has 3 nitrogen and oxygen atoms in total. The predicted molar refractivity (Wildman–Crippen MR) is 62.8 cm³/mol. The third-order valence-corrected chi connectivity index (χ3v) is 2.50. The number of nitrogens with one attached hydrogen (secondary N) is 1. The van der Waals surface area contributed by atoms with E-state index in [-0.39, 0.29) is 18.1 Å². The molecule has 0 heterocycles. The first-order chi connectivity index (χ1) is 8.10. The van der Waals surface area contributed by atoms with Crippen LogP contribution in [0.5, 0.6) is 0 Å². The van der Waals surface area contributed by atoms with E-state index in [0.29, 0.717) is 13.1 Å². The van der Waals surface area contributed by atoms with E-state index in [1.807, 2.05) is 13.8 Å². The SMILES string of the molecule is CCN(CC)C(=O)CNc1c(F)cccc1F. The fraction of sp³-hybridized carbons (Fsp3) is 0.417. The highest BCUT2D eigenvalue weighted by molar-refractivity contribution is 5.80. The lowest BCUT2D eigenvalue weighted by atomic mass is 10.3. The number of hydrogen-bond donors (Lipinski definition) is 1. The molecule has 0 aliphatic heterocycles. The largest absolute Gasteiger partial charge is 0.371 e. The first-order valence-corrected chi connectivity index (χ1v) is 5.55. The van der Waals surface area contributed by atoms with Crippen molar-refractivity contribution in [1.29, 1.82) is 0 Å². The Morgan fingerprint density at radius 1 is 1.24 bits per heavy atom. The van der Waals surface area contributed by atoms with Gasteiger partial charge >= 0.3 is 0 Å². The van der Waals surface area contributed by atoms with E-state index in [4.69, 9.17) is 0 Å². The van der Waals surface area contributed by atoms with Crippen LogP contribution in [-0.4, -0.2) is 30.4 Å². The number of anilines is 1. The van der Waals surface area contributed by atoms with E-state index in [1.54, 1.807) is 4.90 Å². The number of rotatable bonds is 5. The molecule has 0 radical (unpaired) electrons. The Hall–Kier alpha value is -1.65. The highest BCUT2D eigenvalue weighted by Crippen LogP contribution is 2.17. The first kappa shape index (κ1) is 13.4. The van der Waals surface area contributed by atoms with Crippen LogP contribution in [0.2, 0.25) is 0 Å². The van der Waals surface area contributed by atoms with Gasteiger partial charge in [-0.25, -0.2) is 8.78 Å². The zero-order valence-corrected chi connectivity index (χ0v) is 9.96. The number of benzene rings is 1. The molecule has 0 spiro atoms. The number of amides is 1. The highest BCUT2D eigenvalue weighted by atomic mass is 19.1. The van der Waals surface area contributed by atoms with Crippen LogP contribution in [0, 0.1) is 11.6 Å². The second-order valence-electron chi connectivity index (χ2n) is 3.52. The molecule has 0 fully saturated rings. The van der Waals surface area contributed by atoms with Crippen LogP contribution in [0.25, 0.3) is 0 Å². The van der Waals surface area contributed by atoms with Crippen molar-refractivity contribution in [3.05, 3.63) is 29.8 Å². The van der Waals surface area contributed by atoms with E-state index in [9.17, 15) is 13.6 Å². The van der Waals surface area contributed by atoms with E-state index >= 15 is 0 Å². The second-order valence-corrected chi connectivity index (χ2v) is 3.52. The number of nitrogens with zero attached hydrogens (tertiary/aromatic N) is 1. The second kappa shape index (κ2) is 6.18. The van der Waals surface area contributed by atoms with E-state index in [0.717, 1.165) is 12.1 Å².